The van der Waals surface area contributed by atoms with Gasteiger partial charge in [-0.15, -0.1) is 0 Å². The number of rotatable bonds is 5. The second-order valence-corrected chi connectivity index (χ2v) is 6.62. The van der Waals surface area contributed by atoms with Crippen LogP contribution in [-0.4, -0.2) is 33.4 Å². The van der Waals surface area contributed by atoms with Gasteiger partial charge in [-0.1, -0.05) is 60.7 Å². The van der Waals surface area contributed by atoms with E-state index in [1.807, 2.05) is 0 Å². The zero-order valence-corrected chi connectivity index (χ0v) is 13.8. The van der Waals surface area contributed by atoms with Crippen molar-refractivity contribution in [3.8, 4) is 0 Å². The summed E-state index contributed by atoms with van der Waals surface area (Å²) in [7, 11) is -4.84. The Kier molecular flexibility index (Phi) is 4.45. The lowest BCUT2D eigenvalue weighted by atomic mass is 9.82. The van der Waals surface area contributed by atoms with Crippen molar-refractivity contribution in [2.75, 3.05) is 6.73 Å². The molecule has 1 heterocycles. The van der Waals surface area contributed by atoms with Gasteiger partial charge in [-0.05, 0) is 11.1 Å². The molecule has 1 fully saturated rings. The van der Waals surface area contributed by atoms with Crippen molar-refractivity contribution in [3.05, 3.63) is 71.8 Å². The largest absolute Gasteiger partial charge is 0.471 e. The highest BCUT2D eigenvalue weighted by atomic mass is 31.2. The quantitative estimate of drug-likeness (QED) is 0.549. The second-order valence-electron chi connectivity index (χ2n) is 5.38. The summed E-state index contributed by atoms with van der Waals surface area (Å²) in [6.07, 6.45) is 0. The Labute approximate surface area is 143 Å². The van der Waals surface area contributed by atoms with Crippen molar-refractivity contribution >= 4 is 19.8 Å². The van der Waals surface area contributed by atoms with Crippen LogP contribution in [0.4, 0.5) is 4.79 Å². The molecule has 0 saturated carbocycles. The summed E-state index contributed by atoms with van der Waals surface area (Å²) < 4.78 is 15.6. The number of urea groups is 1. The fourth-order valence-electron chi connectivity index (χ4n) is 2.92. The molecule has 3 amide bonds. The number of nitrogens with zero attached hydrogens (tertiary/aromatic N) is 1. The minimum absolute atomic E-state index is 0.471. The lowest BCUT2D eigenvalue weighted by Gasteiger charge is -2.35. The van der Waals surface area contributed by atoms with Crippen molar-refractivity contribution in [1.82, 2.24) is 10.2 Å². The highest BCUT2D eigenvalue weighted by Crippen LogP contribution is 2.42. The smallest absolute Gasteiger partial charge is 0.303 e. The number of phosphoric acid groups is 1. The Balaban J connectivity index is 2.19. The predicted octanol–water partition coefficient (Wildman–Crippen LogP) is 1.55. The van der Waals surface area contributed by atoms with Gasteiger partial charge in [0.1, 0.15) is 6.73 Å². The van der Waals surface area contributed by atoms with Gasteiger partial charge in [0.05, 0.1) is 0 Å². The number of imide groups is 1. The molecule has 0 bridgehead atoms. The molecule has 3 rings (SSSR count). The molecule has 25 heavy (non-hydrogen) atoms. The Bertz CT molecular complexity index is 797. The van der Waals surface area contributed by atoms with Crippen molar-refractivity contribution in [3.63, 3.8) is 0 Å². The minimum atomic E-state index is -4.84. The van der Waals surface area contributed by atoms with Crippen LogP contribution in [0.25, 0.3) is 0 Å². The molecule has 0 radical (unpaired) electrons. The van der Waals surface area contributed by atoms with E-state index < -0.39 is 32.0 Å². The van der Waals surface area contributed by atoms with Gasteiger partial charge < -0.3 is 9.79 Å². The maximum absolute atomic E-state index is 12.8. The number of hydrogen-bond donors (Lipinski definition) is 3. The molecule has 130 valence electrons. The van der Waals surface area contributed by atoms with Crippen molar-refractivity contribution in [1.29, 1.82) is 0 Å². The Hall–Kier alpha value is -2.51. The van der Waals surface area contributed by atoms with Crippen LogP contribution < -0.4 is 5.32 Å². The highest BCUT2D eigenvalue weighted by Gasteiger charge is 2.55. The lowest BCUT2D eigenvalue weighted by molar-refractivity contribution is -0.126. The van der Waals surface area contributed by atoms with Crippen LogP contribution in [-0.2, 0) is 19.4 Å². The van der Waals surface area contributed by atoms with E-state index in [1.54, 1.807) is 60.7 Å². The average Bonchev–Trinajstić information content (AvgIpc) is 2.84. The molecule has 0 spiro atoms. The number of carbonyl (C=O) groups is 2. The molecular weight excluding hydrogens is 347 g/mol. The number of carbonyl (C=O) groups excluding carboxylic acids is 2. The highest BCUT2D eigenvalue weighted by molar-refractivity contribution is 7.46. The van der Waals surface area contributed by atoms with E-state index >= 15 is 0 Å². The van der Waals surface area contributed by atoms with Gasteiger partial charge in [0.25, 0.3) is 5.91 Å². The molecule has 2 aromatic rings. The van der Waals surface area contributed by atoms with Crippen LogP contribution in [0.1, 0.15) is 11.1 Å². The Morgan fingerprint density at radius 2 is 1.44 bits per heavy atom. The summed E-state index contributed by atoms with van der Waals surface area (Å²) in [4.78, 5) is 44.1. The first-order valence-corrected chi connectivity index (χ1v) is 8.83. The third-order valence-corrected chi connectivity index (χ3v) is 4.39. The molecule has 1 aliphatic rings. The molecule has 0 unspecified atom stereocenters. The van der Waals surface area contributed by atoms with Crippen LogP contribution >= 0.6 is 7.82 Å². The lowest BCUT2D eigenvalue weighted by Crippen LogP contribution is -2.48. The third-order valence-electron chi connectivity index (χ3n) is 3.94. The maximum Gasteiger partial charge on any atom is 0.471 e. The summed E-state index contributed by atoms with van der Waals surface area (Å²) >= 11 is 0. The van der Waals surface area contributed by atoms with Crippen LogP contribution in [0.3, 0.4) is 0 Å². The number of hydrogen-bond acceptors (Lipinski definition) is 4. The molecule has 0 aliphatic carbocycles. The number of phosphoric ester groups is 1. The maximum atomic E-state index is 12.8. The van der Waals surface area contributed by atoms with E-state index in [0.717, 1.165) is 4.90 Å². The van der Waals surface area contributed by atoms with Crippen molar-refractivity contribution < 1.29 is 28.5 Å². The molecule has 2 aromatic carbocycles. The minimum Gasteiger partial charge on any atom is -0.303 e. The fraction of sp³-hybridized carbons (Fsp3) is 0.125. The standard InChI is InChI=1S/C16H15N2O6P/c19-14-16(12-7-3-1-4-8-12,13-9-5-2-6-10-13)18(15(20)17-14)11-24-25(21,22)23/h1-10H,11H2,(H,17,19,20)(H2,21,22,23). The zero-order valence-electron chi connectivity index (χ0n) is 12.9. The van der Waals surface area contributed by atoms with Crippen LogP contribution in [0.15, 0.2) is 60.7 Å². The Morgan fingerprint density at radius 3 is 1.88 bits per heavy atom. The summed E-state index contributed by atoms with van der Waals surface area (Å²) in [6, 6.07) is 16.2. The zero-order chi connectivity index (χ0) is 18.1. The predicted molar refractivity (Wildman–Crippen MR) is 87.0 cm³/mol. The van der Waals surface area contributed by atoms with Crippen LogP contribution in [0.2, 0.25) is 0 Å². The fourth-order valence-corrected chi connectivity index (χ4v) is 3.18. The first kappa shape index (κ1) is 17.3. The summed E-state index contributed by atoms with van der Waals surface area (Å²) in [5, 5.41) is 2.21. The van der Waals surface area contributed by atoms with Crippen molar-refractivity contribution in [2.45, 2.75) is 5.54 Å². The van der Waals surface area contributed by atoms with E-state index in [1.165, 1.54) is 0 Å². The molecule has 8 nitrogen and oxygen atoms in total. The number of benzene rings is 2. The first-order chi connectivity index (χ1) is 11.9. The molecule has 3 N–H and O–H groups in total. The average molecular weight is 362 g/mol. The molecular formula is C16H15N2O6P. The number of nitrogens with one attached hydrogen (secondary N) is 1. The van der Waals surface area contributed by atoms with Gasteiger partial charge in [-0.2, -0.15) is 0 Å². The normalized spacial score (nSPS) is 16.8. The van der Waals surface area contributed by atoms with Crippen LogP contribution in [0.5, 0.6) is 0 Å². The first-order valence-electron chi connectivity index (χ1n) is 7.30. The van der Waals surface area contributed by atoms with E-state index in [9.17, 15) is 14.2 Å². The van der Waals surface area contributed by atoms with E-state index in [4.69, 9.17) is 9.79 Å². The summed E-state index contributed by atoms with van der Waals surface area (Å²) in [5.41, 5.74) is -0.646. The van der Waals surface area contributed by atoms with Crippen LogP contribution in [0, 0.1) is 0 Å². The van der Waals surface area contributed by atoms with E-state index in [0.29, 0.717) is 11.1 Å². The van der Waals surface area contributed by atoms with Gasteiger partial charge in [-0.3, -0.25) is 19.5 Å². The SMILES string of the molecule is O=C1NC(=O)C(c2ccccc2)(c2ccccc2)N1COP(=O)(O)O. The molecule has 1 aliphatic heterocycles. The van der Waals surface area contributed by atoms with Gasteiger partial charge >= 0.3 is 13.9 Å². The molecule has 1 saturated heterocycles. The van der Waals surface area contributed by atoms with E-state index in [2.05, 4.69) is 9.84 Å². The second kappa shape index (κ2) is 6.42. The topological polar surface area (TPSA) is 116 Å². The summed E-state index contributed by atoms with van der Waals surface area (Å²) in [6.45, 7) is -0.758. The molecule has 0 atom stereocenters. The van der Waals surface area contributed by atoms with E-state index in [-0.39, 0.29) is 0 Å². The van der Waals surface area contributed by atoms with Gasteiger partial charge in [0.15, 0.2) is 5.54 Å². The Morgan fingerprint density at radius 1 is 0.960 bits per heavy atom. The monoisotopic (exact) mass is 362 g/mol. The third kappa shape index (κ3) is 3.08. The molecule has 0 aromatic heterocycles. The number of amides is 3. The van der Waals surface area contributed by atoms with Gasteiger partial charge in [-0.25, -0.2) is 9.36 Å². The van der Waals surface area contributed by atoms with Gasteiger partial charge in [0.2, 0.25) is 0 Å². The summed E-state index contributed by atoms with van der Waals surface area (Å²) in [5.74, 6) is -0.621. The van der Waals surface area contributed by atoms with Crippen molar-refractivity contribution in [2.24, 2.45) is 0 Å². The van der Waals surface area contributed by atoms with Gasteiger partial charge in [0, 0.05) is 0 Å². The molecule has 9 heteroatoms.